The lowest BCUT2D eigenvalue weighted by atomic mass is 9.93. The van der Waals surface area contributed by atoms with Crippen molar-refractivity contribution in [3.63, 3.8) is 0 Å². The first-order chi connectivity index (χ1) is 9.72. The smallest absolute Gasteiger partial charge is 0.0372 e. The SMILES string of the molecule is CN(C)CC1CCCN1CC1CNc2ccccc2C1. The number of hydrogen-bond acceptors (Lipinski definition) is 3. The lowest BCUT2D eigenvalue weighted by molar-refractivity contribution is 0.182. The van der Waals surface area contributed by atoms with E-state index in [1.165, 1.54) is 50.1 Å². The fraction of sp³-hybridized carbons (Fsp3) is 0.647. The molecule has 1 fully saturated rings. The maximum atomic E-state index is 3.61. The van der Waals surface area contributed by atoms with Gasteiger partial charge in [0, 0.05) is 31.4 Å². The Morgan fingerprint density at radius 2 is 2.15 bits per heavy atom. The highest BCUT2D eigenvalue weighted by molar-refractivity contribution is 5.53. The summed E-state index contributed by atoms with van der Waals surface area (Å²) in [5.41, 5.74) is 2.84. The van der Waals surface area contributed by atoms with Crippen molar-refractivity contribution >= 4 is 5.69 Å². The summed E-state index contributed by atoms with van der Waals surface area (Å²) in [6.45, 7) is 4.87. The Balaban J connectivity index is 1.59. The molecule has 3 nitrogen and oxygen atoms in total. The largest absolute Gasteiger partial charge is 0.384 e. The molecule has 1 saturated heterocycles. The highest BCUT2D eigenvalue weighted by Crippen LogP contribution is 2.27. The number of likely N-dealkylation sites (N-methyl/N-ethyl adjacent to an activating group) is 1. The zero-order valence-corrected chi connectivity index (χ0v) is 12.8. The molecular weight excluding hydrogens is 246 g/mol. The third kappa shape index (κ3) is 3.15. The first kappa shape index (κ1) is 13.9. The van der Waals surface area contributed by atoms with Gasteiger partial charge in [0.15, 0.2) is 0 Å². The average molecular weight is 273 g/mol. The van der Waals surface area contributed by atoms with Gasteiger partial charge in [-0.3, -0.25) is 4.90 Å². The normalized spacial score (nSPS) is 26.6. The molecule has 0 spiro atoms. The van der Waals surface area contributed by atoms with Gasteiger partial charge in [-0.25, -0.2) is 0 Å². The van der Waals surface area contributed by atoms with E-state index >= 15 is 0 Å². The summed E-state index contributed by atoms with van der Waals surface area (Å²) in [7, 11) is 4.38. The van der Waals surface area contributed by atoms with Crippen LogP contribution in [0.3, 0.4) is 0 Å². The van der Waals surface area contributed by atoms with E-state index in [1.807, 2.05) is 0 Å². The third-order valence-electron chi connectivity index (χ3n) is 4.67. The first-order valence-electron chi connectivity index (χ1n) is 7.93. The average Bonchev–Trinajstić information content (AvgIpc) is 2.85. The van der Waals surface area contributed by atoms with Crippen LogP contribution in [0, 0.1) is 5.92 Å². The van der Waals surface area contributed by atoms with Crippen molar-refractivity contribution in [3.8, 4) is 0 Å². The van der Waals surface area contributed by atoms with Crippen LogP contribution in [0.1, 0.15) is 18.4 Å². The Labute approximate surface area is 123 Å². The van der Waals surface area contributed by atoms with E-state index in [9.17, 15) is 0 Å². The van der Waals surface area contributed by atoms with Crippen LogP contribution in [0.5, 0.6) is 0 Å². The Morgan fingerprint density at radius 1 is 1.30 bits per heavy atom. The minimum Gasteiger partial charge on any atom is -0.384 e. The number of para-hydroxylation sites is 1. The predicted molar refractivity (Wildman–Crippen MR) is 85.3 cm³/mol. The third-order valence-corrected chi connectivity index (χ3v) is 4.67. The van der Waals surface area contributed by atoms with E-state index in [0.29, 0.717) is 0 Å². The molecule has 0 saturated carbocycles. The number of nitrogens with one attached hydrogen (secondary N) is 1. The van der Waals surface area contributed by atoms with E-state index in [-0.39, 0.29) is 0 Å². The number of hydrogen-bond donors (Lipinski definition) is 1. The van der Waals surface area contributed by atoms with Gasteiger partial charge in [-0.1, -0.05) is 18.2 Å². The van der Waals surface area contributed by atoms with Crippen molar-refractivity contribution in [2.45, 2.75) is 25.3 Å². The summed E-state index contributed by atoms with van der Waals surface area (Å²) in [6.07, 6.45) is 3.97. The Morgan fingerprint density at radius 3 is 3.00 bits per heavy atom. The van der Waals surface area contributed by atoms with Crippen molar-refractivity contribution in [2.24, 2.45) is 5.92 Å². The molecule has 3 heteroatoms. The predicted octanol–water partition coefficient (Wildman–Crippen LogP) is 2.30. The Hall–Kier alpha value is -1.06. The second-order valence-electron chi connectivity index (χ2n) is 6.66. The molecule has 3 rings (SSSR count). The fourth-order valence-corrected chi connectivity index (χ4v) is 3.73. The van der Waals surface area contributed by atoms with Gasteiger partial charge < -0.3 is 10.2 Å². The monoisotopic (exact) mass is 273 g/mol. The van der Waals surface area contributed by atoms with Crippen molar-refractivity contribution < 1.29 is 0 Å². The molecule has 2 heterocycles. The second kappa shape index (κ2) is 6.15. The number of anilines is 1. The topological polar surface area (TPSA) is 18.5 Å². The van der Waals surface area contributed by atoms with Crippen LogP contribution >= 0.6 is 0 Å². The summed E-state index contributed by atoms with van der Waals surface area (Å²) in [6, 6.07) is 9.53. The Bertz CT molecular complexity index is 444. The molecule has 0 radical (unpaired) electrons. The van der Waals surface area contributed by atoms with Crippen LogP contribution in [0.2, 0.25) is 0 Å². The van der Waals surface area contributed by atoms with E-state index in [2.05, 4.69) is 53.5 Å². The van der Waals surface area contributed by atoms with Crippen LogP contribution in [0.25, 0.3) is 0 Å². The van der Waals surface area contributed by atoms with Gasteiger partial charge >= 0.3 is 0 Å². The van der Waals surface area contributed by atoms with Crippen LogP contribution in [0.15, 0.2) is 24.3 Å². The van der Waals surface area contributed by atoms with Crippen molar-refractivity contribution in [1.29, 1.82) is 0 Å². The zero-order valence-electron chi connectivity index (χ0n) is 12.8. The molecule has 0 amide bonds. The van der Waals surface area contributed by atoms with Gasteiger partial charge in [0.1, 0.15) is 0 Å². The summed E-state index contributed by atoms with van der Waals surface area (Å²) in [5.74, 6) is 0.757. The second-order valence-corrected chi connectivity index (χ2v) is 6.66. The highest BCUT2D eigenvalue weighted by Gasteiger charge is 2.28. The number of fused-ring (bicyclic) bond motifs is 1. The molecule has 20 heavy (non-hydrogen) atoms. The van der Waals surface area contributed by atoms with Gasteiger partial charge in [0.2, 0.25) is 0 Å². The van der Waals surface area contributed by atoms with Crippen LogP contribution in [-0.2, 0) is 6.42 Å². The summed E-state index contributed by atoms with van der Waals surface area (Å²) < 4.78 is 0. The quantitative estimate of drug-likeness (QED) is 0.908. The zero-order chi connectivity index (χ0) is 13.9. The summed E-state index contributed by atoms with van der Waals surface area (Å²) >= 11 is 0. The lowest BCUT2D eigenvalue weighted by Gasteiger charge is -2.33. The summed E-state index contributed by atoms with van der Waals surface area (Å²) in [4.78, 5) is 5.05. The molecule has 0 bridgehead atoms. The first-order valence-corrected chi connectivity index (χ1v) is 7.93. The molecule has 0 aliphatic carbocycles. The van der Waals surface area contributed by atoms with Gasteiger partial charge in [-0.2, -0.15) is 0 Å². The molecule has 2 unspecified atom stereocenters. The molecule has 1 aromatic rings. The number of nitrogens with zero attached hydrogens (tertiary/aromatic N) is 2. The molecule has 2 aliphatic rings. The number of benzene rings is 1. The van der Waals surface area contributed by atoms with Gasteiger partial charge in [-0.05, 0) is 57.5 Å². The molecule has 110 valence electrons. The Kier molecular flexibility index (Phi) is 4.27. The molecule has 1 aromatic carbocycles. The van der Waals surface area contributed by atoms with Crippen LogP contribution < -0.4 is 5.32 Å². The van der Waals surface area contributed by atoms with Gasteiger partial charge in [0.25, 0.3) is 0 Å². The van der Waals surface area contributed by atoms with Crippen molar-refractivity contribution in [2.75, 3.05) is 45.6 Å². The van der Waals surface area contributed by atoms with E-state index in [0.717, 1.165) is 18.5 Å². The van der Waals surface area contributed by atoms with E-state index < -0.39 is 0 Å². The van der Waals surface area contributed by atoms with E-state index in [1.54, 1.807) is 0 Å². The minimum absolute atomic E-state index is 0.757. The molecule has 1 N–H and O–H groups in total. The molecule has 0 aromatic heterocycles. The van der Waals surface area contributed by atoms with Gasteiger partial charge in [-0.15, -0.1) is 0 Å². The van der Waals surface area contributed by atoms with Crippen LogP contribution in [-0.4, -0.2) is 56.1 Å². The number of likely N-dealkylation sites (tertiary alicyclic amines) is 1. The molecule has 2 atom stereocenters. The van der Waals surface area contributed by atoms with Crippen LogP contribution in [0.4, 0.5) is 5.69 Å². The highest BCUT2D eigenvalue weighted by atomic mass is 15.2. The summed E-state index contributed by atoms with van der Waals surface area (Å²) in [5, 5.41) is 3.61. The van der Waals surface area contributed by atoms with Gasteiger partial charge in [0.05, 0.1) is 0 Å². The molecular formula is C17H27N3. The molecule has 2 aliphatic heterocycles. The van der Waals surface area contributed by atoms with E-state index in [4.69, 9.17) is 0 Å². The fourth-order valence-electron chi connectivity index (χ4n) is 3.73. The maximum absolute atomic E-state index is 3.61. The maximum Gasteiger partial charge on any atom is 0.0372 e. The standard InChI is InChI=1S/C17H27N3/c1-19(2)13-16-7-5-9-20(16)12-14-10-15-6-3-4-8-17(15)18-11-14/h3-4,6,8,14,16,18H,5,7,9-13H2,1-2H3. The minimum atomic E-state index is 0.757. The van der Waals surface area contributed by atoms with Crippen molar-refractivity contribution in [3.05, 3.63) is 29.8 Å². The lowest BCUT2D eigenvalue weighted by Crippen LogP contribution is -2.42. The van der Waals surface area contributed by atoms with Crippen molar-refractivity contribution in [1.82, 2.24) is 9.80 Å². The number of rotatable bonds is 4.